The zero-order valence-electron chi connectivity index (χ0n) is 13.8. The minimum absolute atomic E-state index is 0.134. The lowest BCUT2D eigenvalue weighted by molar-refractivity contribution is 0.0988. The summed E-state index contributed by atoms with van der Waals surface area (Å²) in [5.41, 5.74) is 2.88. The van der Waals surface area contributed by atoms with Gasteiger partial charge in [0.2, 0.25) is 5.76 Å². The lowest BCUT2D eigenvalue weighted by Gasteiger charge is -2.05. The Balaban J connectivity index is 1.54. The van der Waals surface area contributed by atoms with Gasteiger partial charge in [-0.3, -0.25) is 4.79 Å². The van der Waals surface area contributed by atoms with Crippen LogP contribution in [-0.4, -0.2) is 31.3 Å². The summed E-state index contributed by atoms with van der Waals surface area (Å²) in [6.45, 7) is 0. The first kappa shape index (κ1) is 15.7. The number of carbonyl (C=O) groups is 1. The highest BCUT2D eigenvalue weighted by atomic mass is 16.5. The second-order valence-corrected chi connectivity index (χ2v) is 5.60. The van der Waals surface area contributed by atoms with E-state index < -0.39 is 0 Å². The zero-order chi connectivity index (χ0) is 17.9. The number of carbonyl (C=O) groups excluding carboxylic acids is 1. The molecule has 0 saturated carbocycles. The van der Waals surface area contributed by atoms with Crippen molar-refractivity contribution in [3.63, 3.8) is 0 Å². The molecule has 0 spiro atoms. The molecule has 8 nitrogen and oxygen atoms in total. The molecule has 2 aromatic heterocycles. The van der Waals surface area contributed by atoms with Crippen LogP contribution in [-0.2, 0) is 7.05 Å². The third kappa shape index (κ3) is 3.07. The number of amides is 1. The van der Waals surface area contributed by atoms with Gasteiger partial charge in [0.1, 0.15) is 5.69 Å². The van der Waals surface area contributed by atoms with Crippen LogP contribution in [0.5, 0.6) is 0 Å². The fraction of sp³-hybridized carbons (Fsp3) is 0.0556. The van der Waals surface area contributed by atoms with Gasteiger partial charge in [-0.15, -0.1) is 5.10 Å². The number of aryl methyl sites for hydroxylation is 1. The normalized spacial score (nSPS) is 10.7. The molecule has 0 fully saturated rings. The van der Waals surface area contributed by atoms with Gasteiger partial charge < -0.3 is 9.84 Å². The molecule has 0 aliphatic carbocycles. The molecular weight excluding hydrogens is 332 g/mol. The molecule has 0 bridgehead atoms. The number of rotatable bonds is 4. The maximum atomic E-state index is 12.4. The Morgan fingerprint density at radius 2 is 1.85 bits per heavy atom. The van der Waals surface area contributed by atoms with Crippen molar-refractivity contribution in [3.05, 3.63) is 66.4 Å². The van der Waals surface area contributed by atoms with Crippen molar-refractivity contribution >= 4 is 11.6 Å². The van der Waals surface area contributed by atoms with Gasteiger partial charge in [0.05, 0.1) is 0 Å². The number of nitrogens with one attached hydrogen (secondary N) is 1. The summed E-state index contributed by atoms with van der Waals surface area (Å²) in [6.07, 6.45) is 0. The molecule has 0 unspecified atom stereocenters. The Kier molecular flexibility index (Phi) is 3.98. The minimum atomic E-state index is -0.382. The van der Waals surface area contributed by atoms with Crippen LogP contribution < -0.4 is 5.32 Å². The lowest BCUT2D eigenvalue weighted by atomic mass is 10.1. The van der Waals surface area contributed by atoms with E-state index in [2.05, 4.69) is 26.0 Å². The molecule has 4 aromatic rings. The van der Waals surface area contributed by atoms with Crippen LogP contribution in [0.1, 0.15) is 10.6 Å². The van der Waals surface area contributed by atoms with Crippen molar-refractivity contribution in [2.75, 3.05) is 5.32 Å². The Morgan fingerprint density at radius 3 is 2.62 bits per heavy atom. The molecule has 0 saturated heterocycles. The van der Waals surface area contributed by atoms with Gasteiger partial charge in [0.15, 0.2) is 5.82 Å². The van der Waals surface area contributed by atoms with Crippen LogP contribution in [0.15, 0.2) is 65.2 Å². The Morgan fingerprint density at radius 1 is 1.04 bits per heavy atom. The van der Waals surface area contributed by atoms with Crippen molar-refractivity contribution in [1.82, 2.24) is 25.4 Å². The minimum Gasteiger partial charge on any atom is -0.350 e. The zero-order valence-corrected chi connectivity index (χ0v) is 13.8. The van der Waals surface area contributed by atoms with E-state index in [1.54, 1.807) is 29.9 Å². The molecule has 26 heavy (non-hydrogen) atoms. The summed E-state index contributed by atoms with van der Waals surface area (Å²) >= 11 is 0. The number of tetrazole rings is 1. The highest BCUT2D eigenvalue weighted by molar-refractivity contribution is 6.03. The molecule has 2 aromatic carbocycles. The smallest absolute Gasteiger partial charge is 0.294 e. The molecule has 2 heterocycles. The monoisotopic (exact) mass is 346 g/mol. The third-order valence-corrected chi connectivity index (χ3v) is 3.80. The van der Waals surface area contributed by atoms with E-state index in [0.717, 1.165) is 11.1 Å². The molecule has 1 N–H and O–H groups in total. The molecule has 128 valence electrons. The van der Waals surface area contributed by atoms with Crippen LogP contribution >= 0.6 is 0 Å². The van der Waals surface area contributed by atoms with E-state index in [1.807, 2.05) is 42.5 Å². The van der Waals surface area contributed by atoms with E-state index in [-0.39, 0.29) is 11.7 Å². The molecule has 1 amide bonds. The molecule has 0 atom stereocenters. The number of hydrogen-bond acceptors (Lipinski definition) is 6. The first-order chi connectivity index (χ1) is 12.7. The third-order valence-electron chi connectivity index (χ3n) is 3.80. The Hall–Kier alpha value is -3.81. The van der Waals surface area contributed by atoms with Crippen LogP contribution in [0.25, 0.3) is 22.6 Å². The summed E-state index contributed by atoms with van der Waals surface area (Å²) in [5.74, 6) is 0.356. The Bertz CT molecular complexity index is 1050. The number of anilines is 1. The second kappa shape index (κ2) is 6.60. The first-order valence-corrected chi connectivity index (χ1v) is 7.87. The van der Waals surface area contributed by atoms with Gasteiger partial charge >= 0.3 is 0 Å². The molecular formula is C18H14N6O2. The Labute approximate surface area is 148 Å². The van der Waals surface area contributed by atoms with Crippen molar-refractivity contribution in [1.29, 1.82) is 0 Å². The molecule has 4 rings (SSSR count). The van der Waals surface area contributed by atoms with Crippen LogP contribution in [0.3, 0.4) is 0 Å². The number of aromatic nitrogens is 5. The van der Waals surface area contributed by atoms with Gasteiger partial charge in [0, 0.05) is 29.9 Å². The average molecular weight is 346 g/mol. The van der Waals surface area contributed by atoms with Crippen LogP contribution in [0, 0.1) is 0 Å². The summed E-state index contributed by atoms with van der Waals surface area (Å²) in [6, 6.07) is 18.4. The van der Waals surface area contributed by atoms with Crippen molar-refractivity contribution in [2.45, 2.75) is 0 Å². The standard InChI is InChI=1S/C18H14N6O2/c1-24-17(20-22-23-24)13-8-5-9-14(10-13)19-18(25)16-11-15(21-26-16)12-6-3-2-4-7-12/h2-11H,1H3,(H,19,25). The van der Waals surface area contributed by atoms with E-state index in [1.165, 1.54) is 0 Å². The summed E-state index contributed by atoms with van der Waals surface area (Å²) in [7, 11) is 1.75. The predicted octanol–water partition coefficient (Wildman–Crippen LogP) is 2.78. The fourth-order valence-corrected chi connectivity index (χ4v) is 2.53. The highest BCUT2D eigenvalue weighted by Crippen LogP contribution is 2.22. The summed E-state index contributed by atoms with van der Waals surface area (Å²) < 4.78 is 6.74. The maximum Gasteiger partial charge on any atom is 0.294 e. The molecule has 8 heteroatoms. The van der Waals surface area contributed by atoms with Gasteiger partial charge in [-0.25, -0.2) is 4.68 Å². The van der Waals surface area contributed by atoms with E-state index >= 15 is 0 Å². The van der Waals surface area contributed by atoms with E-state index in [0.29, 0.717) is 17.2 Å². The topological polar surface area (TPSA) is 98.7 Å². The van der Waals surface area contributed by atoms with Gasteiger partial charge in [-0.1, -0.05) is 47.6 Å². The van der Waals surface area contributed by atoms with E-state index in [9.17, 15) is 4.79 Å². The maximum absolute atomic E-state index is 12.4. The highest BCUT2D eigenvalue weighted by Gasteiger charge is 2.15. The lowest BCUT2D eigenvalue weighted by Crippen LogP contribution is -2.11. The second-order valence-electron chi connectivity index (χ2n) is 5.60. The van der Waals surface area contributed by atoms with Crippen molar-refractivity contribution in [2.24, 2.45) is 7.05 Å². The fourth-order valence-electron chi connectivity index (χ4n) is 2.53. The summed E-state index contributed by atoms with van der Waals surface area (Å²) in [5, 5.41) is 18.1. The van der Waals surface area contributed by atoms with E-state index in [4.69, 9.17) is 4.52 Å². The predicted molar refractivity (Wildman–Crippen MR) is 94.1 cm³/mol. The molecule has 0 radical (unpaired) electrons. The number of benzene rings is 2. The average Bonchev–Trinajstić information content (AvgIpc) is 3.32. The van der Waals surface area contributed by atoms with Crippen molar-refractivity contribution < 1.29 is 9.32 Å². The number of hydrogen-bond donors (Lipinski definition) is 1. The number of nitrogens with zero attached hydrogens (tertiary/aromatic N) is 5. The SMILES string of the molecule is Cn1nnnc1-c1cccc(NC(=O)c2cc(-c3ccccc3)no2)c1. The van der Waals surface area contributed by atoms with Gasteiger partial charge in [-0.05, 0) is 22.6 Å². The summed E-state index contributed by atoms with van der Waals surface area (Å²) in [4.78, 5) is 12.4. The largest absolute Gasteiger partial charge is 0.350 e. The molecule has 0 aliphatic rings. The van der Waals surface area contributed by atoms with Crippen molar-refractivity contribution in [3.8, 4) is 22.6 Å². The quantitative estimate of drug-likeness (QED) is 0.610. The molecule has 0 aliphatic heterocycles. The van der Waals surface area contributed by atoms with Crippen LogP contribution in [0.4, 0.5) is 5.69 Å². The van der Waals surface area contributed by atoms with Gasteiger partial charge in [0.25, 0.3) is 5.91 Å². The van der Waals surface area contributed by atoms with Crippen LogP contribution in [0.2, 0.25) is 0 Å². The first-order valence-electron chi connectivity index (χ1n) is 7.87. The van der Waals surface area contributed by atoms with Gasteiger partial charge in [-0.2, -0.15) is 0 Å².